The standard InChI is InChI=1S/C21H21FN4O3/c22-17-8-6-15(7-9-17)14-26-19(27)11-10-18(25-26)21(29)24-13-12-23-20(28)16-4-2-1-3-5-16/h1-9H,10-14H2,(H,23,28)(H,24,29). The van der Waals surface area contributed by atoms with Gasteiger partial charge in [0.1, 0.15) is 11.5 Å². The quantitative estimate of drug-likeness (QED) is 0.700. The fraction of sp³-hybridized carbons (Fsp3) is 0.238. The molecule has 3 amide bonds. The predicted molar refractivity (Wildman–Crippen MR) is 105 cm³/mol. The van der Waals surface area contributed by atoms with Crippen LogP contribution in [0.2, 0.25) is 0 Å². The van der Waals surface area contributed by atoms with Crippen molar-refractivity contribution in [3.8, 4) is 0 Å². The first-order chi connectivity index (χ1) is 14.0. The summed E-state index contributed by atoms with van der Waals surface area (Å²) in [5.74, 6) is -1.15. The summed E-state index contributed by atoms with van der Waals surface area (Å²) >= 11 is 0. The lowest BCUT2D eigenvalue weighted by Crippen LogP contribution is -2.41. The lowest BCUT2D eigenvalue weighted by molar-refractivity contribution is -0.132. The predicted octanol–water partition coefficient (Wildman–Crippen LogP) is 1.85. The van der Waals surface area contributed by atoms with Crippen LogP contribution in [0, 0.1) is 5.82 Å². The zero-order chi connectivity index (χ0) is 20.6. The lowest BCUT2D eigenvalue weighted by Gasteiger charge is -2.23. The molecule has 0 fully saturated rings. The van der Waals surface area contributed by atoms with Crippen LogP contribution in [0.5, 0.6) is 0 Å². The minimum absolute atomic E-state index is 0.170. The number of carbonyl (C=O) groups excluding carboxylic acids is 3. The van der Waals surface area contributed by atoms with E-state index in [2.05, 4.69) is 15.7 Å². The van der Waals surface area contributed by atoms with Crippen LogP contribution in [0.15, 0.2) is 59.7 Å². The van der Waals surface area contributed by atoms with E-state index in [0.717, 1.165) is 0 Å². The van der Waals surface area contributed by atoms with Crippen molar-refractivity contribution in [3.63, 3.8) is 0 Å². The van der Waals surface area contributed by atoms with E-state index in [1.165, 1.54) is 17.1 Å². The highest BCUT2D eigenvalue weighted by Crippen LogP contribution is 2.14. The maximum absolute atomic E-state index is 13.0. The Labute approximate surface area is 167 Å². The van der Waals surface area contributed by atoms with Crippen molar-refractivity contribution < 1.29 is 18.8 Å². The Morgan fingerprint density at radius 1 is 0.931 bits per heavy atom. The van der Waals surface area contributed by atoms with Gasteiger partial charge in [-0.05, 0) is 29.8 Å². The SMILES string of the molecule is O=C(NCCNC(=O)c1ccccc1)C1=NN(Cc2ccc(F)cc2)C(=O)CC1. The number of rotatable bonds is 7. The van der Waals surface area contributed by atoms with Gasteiger partial charge >= 0.3 is 0 Å². The number of amides is 3. The van der Waals surface area contributed by atoms with Crippen LogP contribution in [-0.4, -0.2) is 41.5 Å². The van der Waals surface area contributed by atoms with Gasteiger partial charge in [-0.2, -0.15) is 5.10 Å². The van der Waals surface area contributed by atoms with Crippen molar-refractivity contribution in [1.82, 2.24) is 15.6 Å². The Hall–Kier alpha value is -3.55. The Kier molecular flexibility index (Phi) is 6.67. The Bertz CT molecular complexity index is 913. The van der Waals surface area contributed by atoms with Crippen molar-refractivity contribution in [1.29, 1.82) is 0 Å². The highest BCUT2D eigenvalue weighted by Gasteiger charge is 2.24. The van der Waals surface area contributed by atoms with Gasteiger partial charge in [-0.1, -0.05) is 30.3 Å². The molecule has 0 bridgehead atoms. The number of carbonyl (C=O) groups is 3. The fourth-order valence-electron chi connectivity index (χ4n) is 2.80. The molecular weight excluding hydrogens is 375 g/mol. The topological polar surface area (TPSA) is 90.9 Å². The minimum Gasteiger partial charge on any atom is -0.350 e. The van der Waals surface area contributed by atoms with Crippen molar-refractivity contribution in [2.75, 3.05) is 13.1 Å². The van der Waals surface area contributed by atoms with E-state index in [1.807, 2.05) is 6.07 Å². The summed E-state index contributed by atoms with van der Waals surface area (Å²) in [6.45, 7) is 0.677. The number of halogens is 1. The van der Waals surface area contributed by atoms with Gasteiger partial charge < -0.3 is 10.6 Å². The van der Waals surface area contributed by atoms with Gasteiger partial charge in [-0.25, -0.2) is 9.40 Å². The molecule has 1 heterocycles. The maximum Gasteiger partial charge on any atom is 0.267 e. The first-order valence-electron chi connectivity index (χ1n) is 9.26. The van der Waals surface area contributed by atoms with Crippen LogP contribution >= 0.6 is 0 Å². The summed E-state index contributed by atoms with van der Waals surface area (Å²) in [6, 6.07) is 14.5. The molecule has 0 radical (unpaired) electrons. The van der Waals surface area contributed by atoms with Gasteiger partial charge in [0.15, 0.2) is 0 Å². The van der Waals surface area contributed by atoms with Crippen LogP contribution < -0.4 is 10.6 Å². The molecule has 0 aliphatic carbocycles. The second kappa shape index (κ2) is 9.59. The molecule has 0 unspecified atom stereocenters. The second-order valence-electron chi connectivity index (χ2n) is 6.50. The van der Waals surface area contributed by atoms with E-state index in [4.69, 9.17) is 0 Å². The molecule has 0 saturated carbocycles. The normalized spacial score (nSPS) is 13.6. The summed E-state index contributed by atoms with van der Waals surface area (Å²) in [6.07, 6.45) is 0.430. The summed E-state index contributed by atoms with van der Waals surface area (Å²) in [4.78, 5) is 36.3. The van der Waals surface area contributed by atoms with E-state index in [1.54, 1.807) is 36.4 Å². The Morgan fingerprint density at radius 2 is 1.59 bits per heavy atom. The third kappa shape index (κ3) is 5.71. The van der Waals surface area contributed by atoms with Gasteiger partial charge in [0, 0.05) is 31.5 Å². The molecule has 0 saturated heterocycles. The van der Waals surface area contributed by atoms with Crippen LogP contribution in [0.25, 0.3) is 0 Å². The highest BCUT2D eigenvalue weighted by atomic mass is 19.1. The van der Waals surface area contributed by atoms with Gasteiger partial charge in [0.2, 0.25) is 5.91 Å². The van der Waals surface area contributed by atoms with Gasteiger partial charge in [0.05, 0.1) is 6.54 Å². The molecule has 7 nitrogen and oxygen atoms in total. The van der Waals surface area contributed by atoms with Crippen LogP contribution in [0.3, 0.4) is 0 Å². The summed E-state index contributed by atoms with van der Waals surface area (Å²) < 4.78 is 13.0. The zero-order valence-corrected chi connectivity index (χ0v) is 15.7. The van der Waals surface area contributed by atoms with Gasteiger partial charge in [-0.15, -0.1) is 0 Å². The smallest absolute Gasteiger partial charge is 0.267 e. The van der Waals surface area contributed by atoms with Crippen molar-refractivity contribution in [3.05, 3.63) is 71.5 Å². The molecular formula is C21H21FN4O3. The van der Waals surface area contributed by atoms with Gasteiger partial charge in [-0.3, -0.25) is 14.4 Å². The van der Waals surface area contributed by atoms with Crippen molar-refractivity contribution in [2.24, 2.45) is 5.10 Å². The third-order valence-electron chi connectivity index (χ3n) is 4.34. The number of hydrogen-bond acceptors (Lipinski definition) is 4. The average molecular weight is 396 g/mol. The number of hydrogen-bond donors (Lipinski definition) is 2. The molecule has 2 aromatic carbocycles. The third-order valence-corrected chi connectivity index (χ3v) is 4.34. The molecule has 0 atom stereocenters. The Morgan fingerprint density at radius 3 is 2.28 bits per heavy atom. The summed E-state index contributed by atoms with van der Waals surface area (Å²) in [5, 5.41) is 10.8. The van der Waals surface area contributed by atoms with Crippen LogP contribution in [-0.2, 0) is 16.1 Å². The van der Waals surface area contributed by atoms with E-state index in [9.17, 15) is 18.8 Å². The number of nitrogens with zero attached hydrogens (tertiary/aromatic N) is 2. The van der Waals surface area contributed by atoms with E-state index < -0.39 is 0 Å². The Balaban J connectivity index is 1.49. The van der Waals surface area contributed by atoms with Crippen molar-refractivity contribution >= 4 is 23.4 Å². The molecule has 1 aliphatic heterocycles. The van der Waals surface area contributed by atoms with E-state index in [0.29, 0.717) is 11.1 Å². The van der Waals surface area contributed by atoms with Gasteiger partial charge in [0.25, 0.3) is 11.8 Å². The van der Waals surface area contributed by atoms with E-state index in [-0.39, 0.29) is 61.7 Å². The lowest BCUT2D eigenvalue weighted by atomic mass is 10.1. The minimum atomic E-state index is -0.379. The zero-order valence-electron chi connectivity index (χ0n) is 15.7. The average Bonchev–Trinajstić information content (AvgIpc) is 2.74. The fourth-order valence-corrected chi connectivity index (χ4v) is 2.80. The molecule has 1 aliphatic rings. The molecule has 3 rings (SSSR count). The van der Waals surface area contributed by atoms with Crippen molar-refractivity contribution in [2.45, 2.75) is 19.4 Å². The number of hydrazone groups is 1. The van der Waals surface area contributed by atoms with E-state index >= 15 is 0 Å². The molecule has 2 aromatic rings. The molecule has 0 spiro atoms. The molecule has 29 heavy (non-hydrogen) atoms. The molecule has 8 heteroatoms. The maximum atomic E-state index is 13.0. The molecule has 0 aromatic heterocycles. The first-order valence-corrected chi connectivity index (χ1v) is 9.26. The number of nitrogens with one attached hydrogen (secondary N) is 2. The van der Waals surface area contributed by atoms with Crippen LogP contribution in [0.1, 0.15) is 28.8 Å². The first kappa shape index (κ1) is 20.2. The molecule has 2 N–H and O–H groups in total. The summed E-state index contributed by atoms with van der Waals surface area (Å²) in [5.41, 5.74) is 1.51. The highest BCUT2D eigenvalue weighted by molar-refractivity contribution is 6.39. The monoisotopic (exact) mass is 396 g/mol. The summed E-state index contributed by atoms with van der Waals surface area (Å²) in [7, 11) is 0. The largest absolute Gasteiger partial charge is 0.350 e. The van der Waals surface area contributed by atoms with Crippen LogP contribution in [0.4, 0.5) is 4.39 Å². The second-order valence-corrected chi connectivity index (χ2v) is 6.50. The molecule has 150 valence electrons. The number of benzene rings is 2.